The van der Waals surface area contributed by atoms with E-state index in [1.807, 2.05) is 24.3 Å². The van der Waals surface area contributed by atoms with Crippen molar-refractivity contribution in [2.45, 2.75) is 0 Å². The minimum atomic E-state index is -0.486. The van der Waals surface area contributed by atoms with Crippen molar-refractivity contribution in [2.75, 3.05) is 7.11 Å². The molecule has 3 rings (SSSR count). The predicted molar refractivity (Wildman–Crippen MR) is 59.6 cm³/mol. The molecule has 0 aliphatic carbocycles. The Morgan fingerprint density at radius 3 is 2.94 bits per heavy atom. The van der Waals surface area contributed by atoms with Gasteiger partial charge in [0.25, 0.3) is 0 Å². The summed E-state index contributed by atoms with van der Waals surface area (Å²) in [5.74, 6) is -0.486. The molecule has 0 aliphatic rings. The Morgan fingerprint density at radius 2 is 2.12 bits per heavy atom. The van der Waals surface area contributed by atoms with Gasteiger partial charge < -0.3 is 4.74 Å². The number of hydrogen-bond acceptors (Lipinski definition) is 5. The summed E-state index contributed by atoms with van der Waals surface area (Å²) in [7, 11) is 1.32. The number of rotatable bonds is 1. The summed E-state index contributed by atoms with van der Waals surface area (Å²) in [6, 6.07) is 8.99. The zero-order valence-electron chi connectivity index (χ0n) is 8.99. The topological polar surface area (TPSA) is 69.4 Å². The van der Waals surface area contributed by atoms with Gasteiger partial charge in [0.1, 0.15) is 5.52 Å². The van der Waals surface area contributed by atoms with Gasteiger partial charge in [-0.15, -0.1) is 10.2 Å². The number of ether oxygens (including phenoxy) is 1. The second kappa shape index (κ2) is 3.51. The van der Waals surface area contributed by atoms with E-state index in [4.69, 9.17) is 0 Å². The normalized spacial score (nSPS) is 10.9. The zero-order chi connectivity index (χ0) is 11.8. The molecule has 0 aliphatic heterocycles. The molecular formula is C11H8N4O2. The third-order valence-corrected chi connectivity index (χ3v) is 2.46. The molecule has 0 unspecified atom stereocenters. The smallest absolute Gasteiger partial charge is 0.358 e. The van der Waals surface area contributed by atoms with E-state index in [2.05, 4.69) is 20.0 Å². The van der Waals surface area contributed by atoms with Gasteiger partial charge in [-0.2, -0.15) is 5.10 Å². The molecule has 6 heteroatoms. The highest BCUT2D eigenvalue weighted by Gasteiger charge is 2.13. The number of nitrogens with zero attached hydrogens (tertiary/aromatic N) is 4. The minimum absolute atomic E-state index is 0.221. The highest BCUT2D eigenvalue weighted by molar-refractivity contribution is 5.89. The van der Waals surface area contributed by atoms with Gasteiger partial charge in [0.2, 0.25) is 0 Å². The molecule has 0 atom stereocenters. The van der Waals surface area contributed by atoms with E-state index in [0.717, 1.165) is 11.0 Å². The SMILES string of the molecule is COC(=O)c1cc2nnc3ccccc3n2n1. The predicted octanol–water partition coefficient (Wildman–Crippen LogP) is 1.06. The Morgan fingerprint density at radius 1 is 1.29 bits per heavy atom. The lowest BCUT2D eigenvalue weighted by Gasteiger charge is -1.97. The Hall–Kier alpha value is -2.50. The molecule has 0 saturated heterocycles. The molecule has 0 bridgehead atoms. The van der Waals surface area contributed by atoms with Gasteiger partial charge in [0.05, 0.1) is 12.6 Å². The minimum Gasteiger partial charge on any atom is -0.464 e. The number of esters is 1. The molecule has 2 aromatic heterocycles. The number of aromatic nitrogens is 4. The summed E-state index contributed by atoms with van der Waals surface area (Å²) in [6.45, 7) is 0. The van der Waals surface area contributed by atoms with Gasteiger partial charge in [-0.05, 0) is 12.1 Å². The van der Waals surface area contributed by atoms with E-state index >= 15 is 0 Å². The van der Waals surface area contributed by atoms with Crippen molar-refractivity contribution < 1.29 is 9.53 Å². The number of para-hydroxylation sites is 1. The van der Waals surface area contributed by atoms with Crippen molar-refractivity contribution in [1.82, 2.24) is 19.8 Å². The second-order valence-electron chi connectivity index (χ2n) is 3.48. The van der Waals surface area contributed by atoms with Crippen molar-refractivity contribution in [3.8, 4) is 0 Å². The van der Waals surface area contributed by atoms with E-state index in [9.17, 15) is 4.79 Å². The van der Waals surface area contributed by atoms with E-state index in [1.165, 1.54) is 7.11 Å². The summed E-state index contributed by atoms with van der Waals surface area (Å²) in [5, 5.41) is 12.2. The van der Waals surface area contributed by atoms with Crippen molar-refractivity contribution in [3.05, 3.63) is 36.0 Å². The molecule has 0 amide bonds. The van der Waals surface area contributed by atoms with Crippen LogP contribution in [-0.4, -0.2) is 32.9 Å². The molecule has 6 nitrogen and oxygen atoms in total. The molecule has 0 N–H and O–H groups in total. The Bertz CT molecular complexity index is 720. The van der Waals surface area contributed by atoms with Crippen LogP contribution in [0.4, 0.5) is 0 Å². The Labute approximate surface area is 95.8 Å². The fourth-order valence-corrected chi connectivity index (χ4v) is 1.66. The fraction of sp³-hybridized carbons (Fsp3) is 0.0909. The molecule has 1 aromatic carbocycles. The summed E-state index contributed by atoms with van der Waals surface area (Å²) < 4.78 is 6.19. The monoisotopic (exact) mass is 228 g/mol. The lowest BCUT2D eigenvalue weighted by molar-refractivity contribution is 0.0593. The van der Waals surface area contributed by atoms with E-state index in [0.29, 0.717) is 5.65 Å². The van der Waals surface area contributed by atoms with Gasteiger partial charge in [-0.25, -0.2) is 9.31 Å². The first kappa shape index (κ1) is 9.71. The largest absolute Gasteiger partial charge is 0.464 e. The average Bonchev–Trinajstić information content (AvgIpc) is 2.82. The number of methoxy groups -OCH3 is 1. The van der Waals surface area contributed by atoms with E-state index in [1.54, 1.807) is 10.6 Å². The first-order valence-electron chi connectivity index (χ1n) is 4.99. The van der Waals surface area contributed by atoms with Crippen LogP contribution >= 0.6 is 0 Å². The van der Waals surface area contributed by atoms with Crippen LogP contribution in [0.15, 0.2) is 30.3 Å². The van der Waals surface area contributed by atoms with Crippen LogP contribution in [0.25, 0.3) is 16.7 Å². The maximum Gasteiger partial charge on any atom is 0.358 e. The number of fused-ring (bicyclic) bond motifs is 3. The van der Waals surface area contributed by atoms with E-state index < -0.39 is 5.97 Å². The lowest BCUT2D eigenvalue weighted by atomic mass is 10.3. The van der Waals surface area contributed by atoms with Crippen LogP contribution in [0.1, 0.15) is 10.5 Å². The average molecular weight is 228 g/mol. The zero-order valence-corrected chi connectivity index (χ0v) is 8.99. The maximum atomic E-state index is 11.4. The van der Waals surface area contributed by atoms with Crippen LogP contribution in [0, 0.1) is 0 Å². The molecule has 0 fully saturated rings. The highest BCUT2D eigenvalue weighted by Crippen LogP contribution is 2.13. The Balaban J connectivity index is 2.35. The fourth-order valence-electron chi connectivity index (χ4n) is 1.66. The Kier molecular flexibility index (Phi) is 2.01. The van der Waals surface area contributed by atoms with Crippen molar-refractivity contribution >= 4 is 22.6 Å². The van der Waals surface area contributed by atoms with Crippen LogP contribution in [0.2, 0.25) is 0 Å². The number of hydrogen-bond donors (Lipinski definition) is 0. The molecule has 0 radical (unpaired) electrons. The van der Waals surface area contributed by atoms with Gasteiger partial charge in [-0.1, -0.05) is 12.1 Å². The summed E-state index contributed by atoms with van der Waals surface area (Å²) >= 11 is 0. The van der Waals surface area contributed by atoms with Crippen molar-refractivity contribution in [2.24, 2.45) is 0 Å². The molecule has 0 spiro atoms. The first-order chi connectivity index (χ1) is 8.29. The van der Waals surface area contributed by atoms with E-state index in [-0.39, 0.29) is 5.69 Å². The van der Waals surface area contributed by atoms with Gasteiger partial charge in [-0.3, -0.25) is 0 Å². The number of carbonyl (C=O) groups is 1. The molecule has 0 saturated carbocycles. The van der Waals surface area contributed by atoms with Gasteiger partial charge in [0.15, 0.2) is 11.3 Å². The summed E-state index contributed by atoms with van der Waals surface area (Å²) in [5.41, 5.74) is 2.26. The maximum absolute atomic E-state index is 11.4. The molecule has 84 valence electrons. The highest BCUT2D eigenvalue weighted by atomic mass is 16.5. The van der Waals surface area contributed by atoms with Crippen LogP contribution in [0.3, 0.4) is 0 Å². The quantitative estimate of drug-likeness (QED) is 0.582. The molecule has 2 heterocycles. The third kappa shape index (κ3) is 1.42. The molecule has 17 heavy (non-hydrogen) atoms. The standard InChI is InChI=1S/C11H8N4O2/c1-17-11(16)8-6-10-13-12-7-4-2-3-5-9(7)15(10)14-8/h2-6H,1H3. The summed E-state index contributed by atoms with van der Waals surface area (Å²) in [6.07, 6.45) is 0. The second-order valence-corrected chi connectivity index (χ2v) is 3.48. The van der Waals surface area contributed by atoms with Crippen LogP contribution in [-0.2, 0) is 4.74 Å². The molecule has 3 aromatic rings. The first-order valence-corrected chi connectivity index (χ1v) is 4.99. The van der Waals surface area contributed by atoms with Gasteiger partial charge in [0, 0.05) is 6.07 Å². The number of carbonyl (C=O) groups excluding carboxylic acids is 1. The number of benzene rings is 1. The lowest BCUT2D eigenvalue weighted by Crippen LogP contribution is -2.02. The molecular weight excluding hydrogens is 220 g/mol. The summed E-state index contributed by atoms with van der Waals surface area (Å²) in [4.78, 5) is 11.4. The van der Waals surface area contributed by atoms with Crippen LogP contribution in [0.5, 0.6) is 0 Å². The van der Waals surface area contributed by atoms with Crippen molar-refractivity contribution in [3.63, 3.8) is 0 Å². The van der Waals surface area contributed by atoms with Crippen LogP contribution < -0.4 is 0 Å². The van der Waals surface area contributed by atoms with Crippen molar-refractivity contribution in [1.29, 1.82) is 0 Å². The third-order valence-electron chi connectivity index (χ3n) is 2.46. The van der Waals surface area contributed by atoms with Gasteiger partial charge >= 0.3 is 5.97 Å².